The van der Waals surface area contributed by atoms with Gasteiger partial charge in [-0.25, -0.2) is 4.79 Å². The summed E-state index contributed by atoms with van der Waals surface area (Å²) < 4.78 is 5.27. The normalized spacial score (nSPS) is 12.7. The van der Waals surface area contributed by atoms with Gasteiger partial charge in [0.25, 0.3) is 0 Å². The summed E-state index contributed by atoms with van der Waals surface area (Å²) in [6.45, 7) is 4.33. The van der Waals surface area contributed by atoms with E-state index in [9.17, 15) is 9.90 Å². The highest BCUT2D eigenvalue weighted by Gasteiger charge is 2.18. The predicted molar refractivity (Wildman–Crippen MR) is 102 cm³/mol. The van der Waals surface area contributed by atoms with Crippen LogP contribution in [0, 0.1) is 0 Å². The van der Waals surface area contributed by atoms with Gasteiger partial charge in [0.2, 0.25) is 0 Å². The number of hydrogen-bond donors (Lipinski definition) is 1. The fourth-order valence-electron chi connectivity index (χ4n) is 2.39. The van der Waals surface area contributed by atoms with Gasteiger partial charge in [0.15, 0.2) is 6.10 Å². The Morgan fingerprint density at radius 1 is 1.19 bits per heavy atom. The molecule has 2 aromatic carbocycles. The van der Waals surface area contributed by atoms with Crippen LogP contribution in [0.3, 0.4) is 0 Å². The van der Waals surface area contributed by atoms with Crippen molar-refractivity contribution in [2.45, 2.75) is 33.0 Å². The van der Waals surface area contributed by atoms with E-state index in [0.717, 1.165) is 16.7 Å². The van der Waals surface area contributed by atoms with Gasteiger partial charge in [0, 0.05) is 18.1 Å². The Morgan fingerprint density at radius 2 is 1.92 bits per heavy atom. The zero-order chi connectivity index (χ0) is 18.9. The smallest absolute Gasteiger partial charge is 0.333 e. The largest absolute Gasteiger partial charge is 0.479 e. The zero-order valence-electron chi connectivity index (χ0n) is 14.8. The van der Waals surface area contributed by atoms with E-state index in [1.165, 1.54) is 0 Å². The molecule has 0 amide bonds. The number of nitrogens with zero attached hydrogens (tertiary/aromatic N) is 1. The molecule has 0 aliphatic carbocycles. The number of carbonyl (C=O) groups is 1. The van der Waals surface area contributed by atoms with E-state index in [-0.39, 0.29) is 0 Å². The third kappa shape index (κ3) is 6.17. The lowest BCUT2D eigenvalue weighted by Gasteiger charge is -2.13. The van der Waals surface area contributed by atoms with Gasteiger partial charge in [-0.05, 0) is 48.7 Å². The van der Waals surface area contributed by atoms with Crippen LogP contribution in [-0.2, 0) is 27.4 Å². The van der Waals surface area contributed by atoms with Crippen LogP contribution in [0.25, 0.3) is 0 Å². The van der Waals surface area contributed by atoms with Crippen molar-refractivity contribution in [3.8, 4) is 0 Å². The molecule has 138 valence electrons. The molecule has 1 atom stereocenters. The van der Waals surface area contributed by atoms with Crippen molar-refractivity contribution < 1.29 is 19.5 Å². The molecule has 6 heteroatoms. The lowest BCUT2D eigenvalue weighted by molar-refractivity contribution is -0.149. The fraction of sp³-hybridized carbons (Fsp3) is 0.300. The molecule has 0 heterocycles. The van der Waals surface area contributed by atoms with Crippen LogP contribution < -0.4 is 0 Å². The topological polar surface area (TPSA) is 68.1 Å². The molecule has 5 nitrogen and oxygen atoms in total. The van der Waals surface area contributed by atoms with Crippen molar-refractivity contribution in [3.05, 3.63) is 70.2 Å². The van der Waals surface area contributed by atoms with E-state index in [1.807, 2.05) is 43.3 Å². The summed E-state index contributed by atoms with van der Waals surface area (Å²) in [6, 6.07) is 14.9. The molecule has 0 aliphatic rings. The number of halogens is 1. The minimum absolute atomic E-state index is 0.302. The lowest BCUT2D eigenvalue weighted by Crippen LogP contribution is -2.26. The molecule has 0 saturated carbocycles. The molecule has 0 aromatic heterocycles. The molecule has 0 saturated heterocycles. The summed E-state index contributed by atoms with van der Waals surface area (Å²) in [5.74, 6) is -0.964. The number of hydrogen-bond acceptors (Lipinski definition) is 4. The molecule has 26 heavy (non-hydrogen) atoms. The van der Waals surface area contributed by atoms with Crippen molar-refractivity contribution >= 4 is 23.3 Å². The average molecular weight is 376 g/mol. The number of carboxylic acids is 1. The molecule has 0 spiro atoms. The maximum atomic E-state index is 11.2. The molecule has 0 aliphatic heterocycles. The number of aliphatic carboxylic acids is 1. The SMILES string of the molecule is CCO[C@@H](Cc1cccc(/C(C)=N/OCc2ccc(Cl)cc2)c1)C(=O)O. The second-order valence-electron chi connectivity index (χ2n) is 5.76. The molecule has 1 N–H and O–H groups in total. The lowest BCUT2D eigenvalue weighted by atomic mass is 10.0. The Kier molecular flexibility index (Phi) is 7.63. The Hall–Kier alpha value is -2.37. The molecule has 0 unspecified atom stereocenters. The first-order valence-corrected chi connectivity index (χ1v) is 8.72. The summed E-state index contributed by atoms with van der Waals surface area (Å²) in [6.07, 6.45) is -0.552. The van der Waals surface area contributed by atoms with Gasteiger partial charge in [-0.3, -0.25) is 0 Å². The van der Waals surface area contributed by atoms with Crippen molar-refractivity contribution in [1.82, 2.24) is 0 Å². The number of benzene rings is 2. The monoisotopic (exact) mass is 375 g/mol. The molecule has 2 rings (SSSR count). The zero-order valence-corrected chi connectivity index (χ0v) is 15.6. The molecule has 0 bridgehead atoms. The van der Waals surface area contributed by atoms with Crippen LogP contribution in [0.15, 0.2) is 53.7 Å². The second kappa shape index (κ2) is 9.94. The van der Waals surface area contributed by atoms with E-state index in [2.05, 4.69) is 5.16 Å². The van der Waals surface area contributed by atoms with Crippen molar-refractivity contribution in [3.63, 3.8) is 0 Å². The number of rotatable bonds is 9. The Balaban J connectivity index is 2.00. The third-order valence-corrected chi connectivity index (χ3v) is 4.01. The first-order valence-electron chi connectivity index (χ1n) is 8.34. The summed E-state index contributed by atoms with van der Waals surface area (Å²) in [5, 5.41) is 14.0. The highest BCUT2D eigenvalue weighted by molar-refractivity contribution is 6.30. The highest BCUT2D eigenvalue weighted by atomic mass is 35.5. The number of ether oxygens (including phenoxy) is 1. The summed E-state index contributed by atoms with van der Waals surface area (Å²) in [7, 11) is 0. The third-order valence-electron chi connectivity index (χ3n) is 3.76. The maximum absolute atomic E-state index is 11.2. The van der Waals surface area contributed by atoms with Gasteiger partial charge in [-0.2, -0.15) is 0 Å². The Bertz CT molecular complexity index is 759. The van der Waals surface area contributed by atoms with Crippen LogP contribution >= 0.6 is 11.6 Å². The van der Waals surface area contributed by atoms with Crippen LogP contribution in [0.4, 0.5) is 0 Å². The number of oxime groups is 1. The quantitative estimate of drug-likeness (QED) is 0.523. The molecule has 0 fully saturated rings. The summed E-state index contributed by atoms with van der Waals surface area (Å²) in [4.78, 5) is 16.6. The summed E-state index contributed by atoms with van der Waals surface area (Å²) >= 11 is 5.85. The van der Waals surface area contributed by atoms with Gasteiger partial charge in [-0.15, -0.1) is 0 Å². The van der Waals surface area contributed by atoms with Crippen molar-refractivity contribution in [2.75, 3.05) is 6.61 Å². The average Bonchev–Trinajstić information content (AvgIpc) is 2.63. The van der Waals surface area contributed by atoms with Gasteiger partial charge >= 0.3 is 5.97 Å². The van der Waals surface area contributed by atoms with Gasteiger partial charge in [0.05, 0.1) is 5.71 Å². The minimum Gasteiger partial charge on any atom is -0.479 e. The van der Waals surface area contributed by atoms with Crippen molar-refractivity contribution in [2.24, 2.45) is 5.16 Å². The molecular weight excluding hydrogens is 354 g/mol. The van der Waals surface area contributed by atoms with Crippen LogP contribution in [0.2, 0.25) is 5.02 Å². The first-order chi connectivity index (χ1) is 12.5. The van der Waals surface area contributed by atoms with Crippen molar-refractivity contribution in [1.29, 1.82) is 0 Å². The summed E-state index contributed by atoms with van der Waals surface area (Å²) in [5.41, 5.74) is 3.43. The molecule has 0 radical (unpaired) electrons. The maximum Gasteiger partial charge on any atom is 0.333 e. The van der Waals surface area contributed by atoms with E-state index in [4.69, 9.17) is 21.2 Å². The molecule has 2 aromatic rings. The van der Waals surface area contributed by atoms with Gasteiger partial charge in [-0.1, -0.05) is 47.1 Å². The van der Waals surface area contributed by atoms with E-state index in [1.54, 1.807) is 19.1 Å². The standard InChI is InChI=1S/C20H22ClNO4/c1-3-25-19(20(23)24)12-16-5-4-6-17(11-16)14(2)22-26-13-15-7-9-18(21)10-8-15/h4-11,19H,3,12-13H2,1-2H3,(H,23,24)/b22-14+/t19-/m0/s1. The highest BCUT2D eigenvalue weighted by Crippen LogP contribution is 2.13. The number of carboxylic acid groups (broad SMARTS) is 1. The van der Waals surface area contributed by atoms with Crippen LogP contribution in [-0.4, -0.2) is 29.5 Å². The van der Waals surface area contributed by atoms with Gasteiger partial charge in [0.1, 0.15) is 6.61 Å². The first kappa shape index (κ1) is 19.9. The van der Waals surface area contributed by atoms with E-state index >= 15 is 0 Å². The van der Waals surface area contributed by atoms with E-state index in [0.29, 0.717) is 30.4 Å². The van der Waals surface area contributed by atoms with Crippen LogP contribution in [0.1, 0.15) is 30.5 Å². The van der Waals surface area contributed by atoms with Crippen LogP contribution in [0.5, 0.6) is 0 Å². The second-order valence-corrected chi connectivity index (χ2v) is 6.20. The Morgan fingerprint density at radius 3 is 2.58 bits per heavy atom. The van der Waals surface area contributed by atoms with Gasteiger partial charge < -0.3 is 14.7 Å². The fourth-order valence-corrected chi connectivity index (χ4v) is 2.52. The molecular formula is C20H22ClNO4. The Labute approximate surface area is 158 Å². The minimum atomic E-state index is -0.964. The predicted octanol–water partition coefficient (Wildman–Crippen LogP) is 4.31. The van der Waals surface area contributed by atoms with E-state index < -0.39 is 12.1 Å².